The van der Waals surface area contributed by atoms with E-state index in [1.54, 1.807) is 0 Å². The summed E-state index contributed by atoms with van der Waals surface area (Å²) in [5.41, 5.74) is 0. The van der Waals surface area contributed by atoms with Crippen molar-refractivity contribution in [3.63, 3.8) is 0 Å². The van der Waals surface area contributed by atoms with E-state index < -0.39 is 97.5 Å². The Hall–Kier alpha value is -1.94. The van der Waals surface area contributed by atoms with Crippen molar-refractivity contribution in [2.24, 2.45) is 17.8 Å². The molecule has 0 aromatic heterocycles. The molecule has 0 saturated heterocycles. The molecule has 0 saturated carbocycles. The van der Waals surface area contributed by atoms with Crippen LogP contribution in [0.1, 0.15) is 421 Å². The van der Waals surface area contributed by atoms with Crippen molar-refractivity contribution in [2.45, 2.75) is 439 Å². The third-order valence-corrected chi connectivity index (χ3v) is 21.1. The third kappa shape index (κ3) is 73.0. The normalized spacial score (nSPS) is 14.2. The van der Waals surface area contributed by atoms with Crippen LogP contribution in [0.4, 0.5) is 0 Å². The Bertz CT molecular complexity index is 1940. The Kier molecular flexibility index (Phi) is 69.9. The molecule has 3 unspecified atom stereocenters. The van der Waals surface area contributed by atoms with Gasteiger partial charge in [-0.25, -0.2) is 9.13 Å². The summed E-state index contributed by atoms with van der Waals surface area (Å²) in [4.78, 5) is 73.0. The minimum Gasteiger partial charge on any atom is -0.462 e. The smallest absolute Gasteiger partial charge is 0.462 e. The second-order valence-electron chi connectivity index (χ2n) is 30.4. The Balaban J connectivity index is 5.23. The van der Waals surface area contributed by atoms with Crippen LogP contribution in [-0.4, -0.2) is 96.7 Å². The van der Waals surface area contributed by atoms with E-state index in [2.05, 4.69) is 48.5 Å². The Morgan fingerprint density at radius 3 is 0.760 bits per heavy atom. The first kappa shape index (κ1) is 98.1. The van der Waals surface area contributed by atoms with Gasteiger partial charge in [-0.15, -0.1) is 0 Å². The van der Waals surface area contributed by atoms with Crippen LogP contribution in [0, 0.1) is 17.8 Å². The number of phosphoric ester groups is 2. The highest BCUT2D eigenvalue weighted by Gasteiger charge is 2.30. The number of ether oxygens (including phenoxy) is 4. The van der Waals surface area contributed by atoms with Crippen LogP contribution in [0.3, 0.4) is 0 Å². The van der Waals surface area contributed by atoms with Gasteiger partial charge in [0, 0.05) is 25.7 Å². The molecule has 0 aliphatic heterocycles. The summed E-state index contributed by atoms with van der Waals surface area (Å²) in [7, 11) is -9.92. The zero-order valence-corrected chi connectivity index (χ0v) is 67.5. The maximum Gasteiger partial charge on any atom is 0.472 e. The molecule has 0 amide bonds. The number of esters is 4. The molecule has 17 nitrogen and oxygen atoms in total. The number of aliphatic hydroxyl groups excluding tert-OH is 1. The summed E-state index contributed by atoms with van der Waals surface area (Å²) < 4.78 is 68.7. The highest BCUT2D eigenvalue weighted by Crippen LogP contribution is 2.45. The van der Waals surface area contributed by atoms with Gasteiger partial charge >= 0.3 is 39.5 Å². The largest absolute Gasteiger partial charge is 0.472 e. The first-order valence-electron chi connectivity index (χ1n) is 41.9. The quantitative estimate of drug-likeness (QED) is 0.0222. The van der Waals surface area contributed by atoms with Gasteiger partial charge in [0.15, 0.2) is 12.2 Å². The fourth-order valence-electron chi connectivity index (χ4n) is 12.5. The highest BCUT2D eigenvalue weighted by molar-refractivity contribution is 7.47. The summed E-state index contributed by atoms with van der Waals surface area (Å²) in [5.74, 6) is 0.318. The summed E-state index contributed by atoms with van der Waals surface area (Å²) in [6.45, 7) is 12.0. The SMILES string of the molecule is CCCCCCCCCCCC(=O)OC[C@H](COP(=O)(O)OC[C@H](O)COP(=O)(O)OC[C@@H](COC(=O)CCCCCCCCCCCCCCCCC(C)CC)OC(=O)CCCCCCCCCCCCCCCCCC(C)C)OC(=O)CCCCCCCCCCCCCCC(C)C. The summed E-state index contributed by atoms with van der Waals surface area (Å²) in [6, 6.07) is 0. The zero-order valence-electron chi connectivity index (χ0n) is 65.7. The van der Waals surface area contributed by atoms with Gasteiger partial charge in [0.2, 0.25) is 0 Å². The van der Waals surface area contributed by atoms with Crippen molar-refractivity contribution in [1.82, 2.24) is 0 Å². The molecule has 19 heteroatoms. The lowest BCUT2D eigenvalue weighted by atomic mass is 9.99. The minimum absolute atomic E-state index is 0.107. The van der Waals surface area contributed by atoms with Crippen LogP contribution in [0.25, 0.3) is 0 Å². The second-order valence-corrected chi connectivity index (χ2v) is 33.3. The fraction of sp³-hybridized carbons (Fsp3) is 0.951. The van der Waals surface area contributed by atoms with Crippen molar-refractivity contribution in [1.29, 1.82) is 0 Å². The van der Waals surface area contributed by atoms with Gasteiger partial charge in [-0.05, 0) is 43.4 Å². The standard InChI is InChI=1S/C81H158O17P2/c1-8-10-11-12-13-31-41-48-55-62-78(83)91-68-76(97-81(86)65-58-51-44-37-30-24-23-26-33-39-46-53-60-73(5)6)70-95-99(87,88)93-66-75(82)67-94-100(89,90)96-71-77(98-80(85)64-57-50-43-36-29-22-16-14-15-19-25-32-38-45-52-59-72(3)4)69-92-79(84)63-56-49-42-35-28-21-18-17-20-27-34-40-47-54-61-74(7)9-2/h72-77,82H,8-71H2,1-7H3,(H,87,88)(H,89,90)/t74?,75-,76+,77+/m0/s1. The van der Waals surface area contributed by atoms with E-state index >= 15 is 0 Å². The van der Waals surface area contributed by atoms with Crippen LogP contribution in [0.5, 0.6) is 0 Å². The van der Waals surface area contributed by atoms with Gasteiger partial charge < -0.3 is 33.8 Å². The number of aliphatic hydroxyl groups is 1. The molecule has 0 aliphatic rings. The molecule has 0 rings (SSSR count). The van der Waals surface area contributed by atoms with Crippen LogP contribution in [-0.2, 0) is 65.4 Å². The molecule has 0 radical (unpaired) electrons. The lowest BCUT2D eigenvalue weighted by molar-refractivity contribution is -0.161. The average Bonchev–Trinajstić information content (AvgIpc) is 0.913. The molecular weight excluding hydrogens is 1310 g/mol. The summed E-state index contributed by atoms with van der Waals surface area (Å²) >= 11 is 0. The molecule has 6 atom stereocenters. The van der Waals surface area contributed by atoms with E-state index in [0.29, 0.717) is 25.7 Å². The van der Waals surface area contributed by atoms with Gasteiger partial charge in [-0.3, -0.25) is 37.3 Å². The van der Waals surface area contributed by atoms with E-state index in [1.165, 1.54) is 231 Å². The van der Waals surface area contributed by atoms with Crippen LogP contribution in [0.15, 0.2) is 0 Å². The number of carbonyl (C=O) groups excluding carboxylic acids is 4. The molecule has 594 valence electrons. The van der Waals surface area contributed by atoms with Crippen molar-refractivity contribution in [3.05, 3.63) is 0 Å². The Morgan fingerprint density at radius 1 is 0.290 bits per heavy atom. The van der Waals surface area contributed by atoms with Crippen molar-refractivity contribution >= 4 is 39.5 Å². The fourth-order valence-corrected chi connectivity index (χ4v) is 14.0. The number of unbranched alkanes of at least 4 members (excludes halogenated alkanes) is 46. The number of hydrogen-bond donors (Lipinski definition) is 3. The maximum atomic E-state index is 13.1. The van der Waals surface area contributed by atoms with Crippen molar-refractivity contribution < 1.29 is 80.2 Å². The Labute approximate surface area is 613 Å². The number of hydrogen-bond acceptors (Lipinski definition) is 15. The molecule has 0 bridgehead atoms. The van der Waals surface area contributed by atoms with Gasteiger partial charge in [0.1, 0.15) is 19.3 Å². The maximum absolute atomic E-state index is 13.1. The zero-order chi connectivity index (χ0) is 73.7. The molecule has 0 aliphatic carbocycles. The monoisotopic (exact) mass is 1470 g/mol. The third-order valence-electron chi connectivity index (χ3n) is 19.2. The topological polar surface area (TPSA) is 237 Å². The van der Waals surface area contributed by atoms with Gasteiger partial charge in [0.25, 0.3) is 0 Å². The molecule has 3 N–H and O–H groups in total. The van der Waals surface area contributed by atoms with Gasteiger partial charge in [0.05, 0.1) is 26.4 Å². The van der Waals surface area contributed by atoms with Gasteiger partial charge in [-0.2, -0.15) is 0 Å². The molecular formula is C81H158O17P2. The highest BCUT2D eigenvalue weighted by atomic mass is 31.2. The molecule has 100 heavy (non-hydrogen) atoms. The first-order chi connectivity index (χ1) is 48.3. The lowest BCUT2D eigenvalue weighted by Crippen LogP contribution is -2.30. The molecule has 0 fully saturated rings. The van der Waals surface area contributed by atoms with E-state index in [9.17, 15) is 43.2 Å². The lowest BCUT2D eigenvalue weighted by Gasteiger charge is -2.21. The van der Waals surface area contributed by atoms with E-state index in [0.717, 1.165) is 108 Å². The van der Waals surface area contributed by atoms with E-state index in [4.69, 9.17) is 37.0 Å². The summed E-state index contributed by atoms with van der Waals surface area (Å²) in [5, 5.41) is 10.6. The Morgan fingerprint density at radius 2 is 0.510 bits per heavy atom. The predicted octanol–water partition coefficient (Wildman–Crippen LogP) is 24.1. The average molecular weight is 1470 g/mol. The van der Waals surface area contributed by atoms with Crippen molar-refractivity contribution in [3.8, 4) is 0 Å². The van der Waals surface area contributed by atoms with Gasteiger partial charge in [-0.1, -0.05) is 370 Å². The van der Waals surface area contributed by atoms with Crippen LogP contribution < -0.4 is 0 Å². The number of rotatable bonds is 79. The van der Waals surface area contributed by atoms with Crippen LogP contribution >= 0.6 is 15.6 Å². The van der Waals surface area contributed by atoms with E-state index in [1.807, 2.05) is 0 Å². The minimum atomic E-state index is -4.96. The second kappa shape index (κ2) is 71.3. The van der Waals surface area contributed by atoms with E-state index in [-0.39, 0.29) is 25.7 Å². The van der Waals surface area contributed by atoms with Crippen LogP contribution in [0.2, 0.25) is 0 Å². The number of carbonyl (C=O) groups is 4. The van der Waals surface area contributed by atoms with Crippen molar-refractivity contribution in [2.75, 3.05) is 39.6 Å². The first-order valence-corrected chi connectivity index (χ1v) is 44.9. The molecule has 0 heterocycles. The summed E-state index contributed by atoms with van der Waals surface area (Å²) in [6.07, 6.45) is 59.5. The number of phosphoric acid groups is 2. The molecule has 0 aromatic rings. The molecule has 0 spiro atoms. The molecule has 0 aromatic carbocycles. The predicted molar refractivity (Wildman–Crippen MR) is 409 cm³/mol.